The minimum absolute atomic E-state index is 0.0692. The number of amides is 2. The van der Waals surface area contributed by atoms with Crippen LogP contribution < -0.4 is 21.1 Å². The highest BCUT2D eigenvalue weighted by Gasteiger charge is 2.29. The molecule has 2 amide bonds. The van der Waals surface area contributed by atoms with Crippen molar-refractivity contribution in [1.29, 1.82) is 0 Å². The molecular formula is C14H19N3O3. The van der Waals surface area contributed by atoms with E-state index < -0.39 is 18.1 Å². The number of nitrogens with two attached hydrogens (primary N) is 1. The fraction of sp³-hybridized carbons (Fsp3) is 0.429. The minimum atomic E-state index is -0.691. The van der Waals surface area contributed by atoms with Crippen molar-refractivity contribution in [2.45, 2.75) is 26.0 Å². The Morgan fingerprint density at radius 1 is 1.40 bits per heavy atom. The molecule has 0 fully saturated rings. The number of primary amides is 1. The lowest BCUT2D eigenvalue weighted by atomic mass is 10.0. The summed E-state index contributed by atoms with van der Waals surface area (Å²) in [4.78, 5) is 23.5. The van der Waals surface area contributed by atoms with Gasteiger partial charge in [-0.25, -0.2) is 0 Å². The first-order valence-electron chi connectivity index (χ1n) is 6.58. The number of rotatable bonds is 4. The van der Waals surface area contributed by atoms with E-state index >= 15 is 0 Å². The summed E-state index contributed by atoms with van der Waals surface area (Å²) in [6, 6.07) is 6.70. The predicted molar refractivity (Wildman–Crippen MR) is 75.3 cm³/mol. The minimum Gasteiger partial charge on any atom is -0.477 e. The van der Waals surface area contributed by atoms with E-state index in [-0.39, 0.29) is 11.8 Å². The van der Waals surface area contributed by atoms with Gasteiger partial charge in [0.25, 0.3) is 5.91 Å². The van der Waals surface area contributed by atoms with Crippen molar-refractivity contribution in [2.75, 3.05) is 11.9 Å². The lowest BCUT2D eigenvalue weighted by Crippen LogP contribution is -2.53. The molecule has 1 heterocycles. The van der Waals surface area contributed by atoms with Crippen molar-refractivity contribution in [3.05, 3.63) is 24.3 Å². The van der Waals surface area contributed by atoms with E-state index in [1.165, 1.54) is 0 Å². The molecule has 1 aliphatic heterocycles. The van der Waals surface area contributed by atoms with Crippen molar-refractivity contribution in [2.24, 2.45) is 11.7 Å². The van der Waals surface area contributed by atoms with Gasteiger partial charge in [0.15, 0.2) is 6.10 Å². The van der Waals surface area contributed by atoms with Gasteiger partial charge in [-0.1, -0.05) is 26.0 Å². The summed E-state index contributed by atoms with van der Waals surface area (Å²) in [5, 5.41) is 5.76. The zero-order valence-electron chi connectivity index (χ0n) is 11.6. The summed E-state index contributed by atoms with van der Waals surface area (Å²) >= 11 is 0. The molecule has 4 N–H and O–H groups in total. The van der Waals surface area contributed by atoms with Crippen LogP contribution in [0.2, 0.25) is 0 Å². The smallest absolute Gasteiger partial charge is 0.263 e. The van der Waals surface area contributed by atoms with Crippen LogP contribution in [0.1, 0.15) is 13.8 Å². The van der Waals surface area contributed by atoms with Gasteiger partial charge in [0.1, 0.15) is 11.8 Å². The van der Waals surface area contributed by atoms with Crippen LogP contribution >= 0.6 is 0 Å². The summed E-state index contributed by atoms with van der Waals surface area (Å²) in [7, 11) is 0. The van der Waals surface area contributed by atoms with Crippen LogP contribution in [0.5, 0.6) is 5.75 Å². The van der Waals surface area contributed by atoms with Gasteiger partial charge in [0, 0.05) is 0 Å². The number of nitrogens with one attached hydrogen (secondary N) is 2. The highest BCUT2D eigenvalue weighted by molar-refractivity contribution is 5.89. The number of carbonyl (C=O) groups excluding carboxylic acids is 2. The monoisotopic (exact) mass is 277 g/mol. The second kappa shape index (κ2) is 5.81. The standard InChI is InChI=1S/C14H19N3O3/c1-8(2)12(13(15)18)17-14(19)11-7-16-9-5-3-4-6-10(9)20-11/h3-6,8,11-12,16H,7H2,1-2H3,(H2,15,18)(H,17,19). The molecule has 0 saturated heterocycles. The Morgan fingerprint density at radius 3 is 2.75 bits per heavy atom. The maximum atomic E-state index is 12.1. The Morgan fingerprint density at radius 2 is 2.10 bits per heavy atom. The molecule has 0 spiro atoms. The number of anilines is 1. The lowest BCUT2D eigenvalue weighted by Gasteiger charge is -2.28. The molecule has 1 aromatic carbocycles. The second-order valence-electron chi connectivity index (χ2n) is 5.12. The largest absolute Gasteiger partial charge is 0.477 e. The molecule has 0 aliphatic carbocycles. The first kappa shape index (κ1) is 14.2. The van der Waals surface area contributed by atoms with E-state index in [2.05, 4.69) is 10.6 Å². The molecule has 0 bridgehead atoms. The summed E-state index contributed by atoms with van der Waals surface area (Å²) in [5.41, 5.74) is 6.14. The summed E-state index contributed by atoms with van der Waals surface area (Å²) in [6.45, 7) is 4.00. The van der Waals surface area contributed by atoms with Gasteiger partial charge in [-0.3, -0.25) is 9.59 Å². The first-order chi connectivity index (χ1) is 9.49. The van der Waals surface area contributed by atoms with Gasteiger partial charge in [0.2, 0.25) is 5.91 Å². The van der Waals surface area contributed by atoms with Crippen LogP contribution in [0.3, 0.4) is 0 Å². The first-order valence-corrected chi connectivity index (χ1v) is 6.58. The van der Waals surface area contributed by atoms with Crippen LogP contribution in [-0.4, -0.2) is 30.5 Å². The average Bonchev–Trinajstić information content (AvgIpc) is 2.43. The second-order valence-corrected chi connectivity index (χ2v) is 5.12. The third-order valence-corrected chi connectivity index (χ3v) is 3.20. The van der Waals surface area contributed by atoms with E-state index in [1.807, 2.05) is 32.0 Å². The van der Waals surface area contributed by atoms with Gasteiger partial charge >= 0.3 is 0 Å². The lowest BCUT2D eigenvalue weighted by molar-refractivity contribution is -0.132. The molecule has 2 atom stereocenters. The third-order valence-electron chi connectivity index (χ3n) is 3.20. The van der Waals surface area contributed by atoms with Gasteiger partial charge in [0.05, 0.1) is 12.2 Å². The van der Waals surface area contributed by atoms with E-state index in [9.17, 15) is 9.59 Å². The van der Waals surface area contributed by atoms with Crippen LogP contribution in [-0.2, 0) is 9.59 Å². The highest BCUT2D eigenvalue weighted by Crippen LogP contribution is 2.28. The number of benzene rings is 1. The SMILES string of the molecule is CC(C)C(NC(=O)C1CNc2ccccc2O1)C(N)=O. The Bertz CT molecular complexity index is 516. The number of hydrogen-bond acceptors (Lipinski definition) is 4. The van der Waals surface area contributed by atoms with Crippen LogP contribution in [0.4, 0.5) is 5.69 Å². The third kappa shape index (κ3) is 3.01. The summed E-state index contributed by atoms with van der Waals surface area (Å²) in [6.07, 6.45) is -0.675. The van der Waals surface area contributed by atoms with Gasteiger partial charge in [-0.05, 0) is 18.1 Å². The highest BCUT2D eigenvalue weighted by atomic mass is 16.5. The number of carbonyl (C=O) groups is 2. The number of para-hydroxylation sites is 2. The molecule has 6 nitrogen and oxygen atoms in total. The fourth-order valence-corrected chi connectivity index (χ4v) is 2.07. The zero-order valence-corrected chi connectivity index (χ0v) is 11.6. The van der Waals surface area contributed by atoms with Crippen molar-refractivity contribution in [3.63, 3.8) is 0 Å². The maximum Gasteiger partial charge on any atom is 0.263 e. The Labute approximate surface area is 117 Å². The molecule has 0 saturated carbocycles. The van der Waals surface area contributed by atoms with Crippen LogP contribution in [0, 0.1) is 5.92 Å². The van der Waals surface area contributed by atoms with Crippen LogP contribution in [0.15, 0.2) is 24.3 Å². The molecule has 0 aromatic heterocycles. The van der Waals surface area contributed by atoms with E-state index in [1.54, 1.807) is 6.07 Å². The number of ether oxygens (including phenoxy) is 1. The Hall–Kier alpha value is -2.24. The predicted octanol–water partition coefficient (Wildman–Crippen LogP) is 0.486. The Balaban J connectivity index is 2.03. The van der Waals surface area contributed by atoms with Crippen molar-refractivity contribution in [3.8, 4) is 5.75 Å². The topological polar surface area (TPSA) is 93.4 Å². The molecule has 20 heavy (non-hydrogen) atoms. The fourth-order valence-electron chi connectivity index (χ4n) is 2.07. The maximum absolute atomic E-state index is 12.1. The van der Waals surface area contributed by atoms with Crippen molar-refractivity contribution >= 4 is 17.5 Å². The van der Waals surface area contributed by atoms with Crippen molar-refractivity contribution < 1.29 is 14.3 Å². The van der Waals surface area contributed by atoms with Gasteiger partial charge < -0.3 is 21.1 Å². The molecular weight excluding hydrogens is 258 g/mol. The molecule has 2 rings (SSSR count). The number of hydrogen-bond donors (Lipinski definition) is 3. The zero-order chi connectivity index (χ0) is 14.7. The normalized spacial score (nSPS) is 18.4. The summed E-state index contributed by atoms with van der Waals surface area (Å²) < 4.78 is 5.63. The van der Waals surface area contributed by atoms with E-state index in [0.29, 0.717) is 12.3 Å². The quantitative estimate of drug-likeness (QED) is 0.746. The average molecular weight is 277 g/mol. The van der Waals surface area contributed by atoms with Crippen molar-refractivity contribution in [1.82, 2.24) is 5.32 Å². The molecule has 6 heteroatoms. The summed E-state index contributed by atoms with van der Waals surface area (Å²) in [5.74, 6) is -0.332. The Kier molecular flexibility index (Phi) is 4.12. The van der Waals surface area contributed by atoms with E-state index in [0.717, 1.165) is 5.69 Å². The molecule has 2 unspecified atom stereocenters. The van der Waals surface area contributed by atoms with Crippen LogP contribution in [0.25, 0.3) is 0 Å². The molecule has 108 valence electrons. The van der Waals surface area contributed by atoms with Gasteiger partial charge in [-0.15, -0.1) is 0 Å². The molecule has 1 aromatic rings. The molecule has 1 aliphatic rings. The number of fused-ring (bicyclic) bond motifs is 1. The van der Waals surface area contributed by atoms with Gasteiger partial charge in [-0.2, -0.15) is 0 Å². The molecule has 0 radical (unpaired) electrons. The van der Waals surface area contributed by atoms with E-state index in [4.69, 9.17) is 10.5 Å².